The molecule has 0 atom stereocenters. The second-order valence-corrected chi connectivity index (χ2v) is 5.31. The topological polar surface area (TPSA) is 65.4 Å². The van der Waals surface area contributed by atoms with E-state index in [0.29, 0.717) is 36.0 Å². The standard InChI is InChI=1S/C18H15N3O3/c22-18(13-3-1-4-15(11-13)21-8-2-7-19-21)20-14-5-6-16-17(12-14)24-10-9-23-16/h1-8,11-12H,9-10H2,(H,20,22). The minimum absolute atomic E-state index is 0.194. The van der Waals surface area contributed by atoms with Crippen molar-refractivity contribution in [3.05, 3.63) is 66.5 Å². The zero-order valence-corrected chi connectivity index (χ0v) is 12.8. The van der Waals surface area contributed by atoms with Crippen LogP contribution in [0.3, 0.4) is 0 Å². The van der Waals surface area contributed by atoms with Gasteiger partial charge in [0, 0.05) is 29.7 Å². The van der Waals surface area contributed by atoms with Gasteiger partial charge in [-0.3, -0.25) is 4.79 Å². The molecule has 0 aliphatic carbocycles. The minimum atomic E-state index is -0.194. The van der Waals surface area contributed by atoms with Crippen LogP contribution >= 0.6 is 0 Å². The molecule has 1 amide bonds. The van der Waals surface area contributed by atoms with Gasteiger partial charge in [0.2, 0.25) is 0 Å². The smallest absolute Gasteiger partial charge is 0.255 e. The Balaban J connectivity index is 1.55. The number of amides is 1. The predicted octanol–water partition coefficient (Wildman–Crippen LogP) is 2.90. The maximum Gasteiger partial charge on any atom is 0.255 e. The summed E-state index contributed by atoms with van der Waals surface area (Å²) in [5, 5.41) is 7.05. The number of hydrogen-bond donors (Lipinski definition) is 1. The lowest BCUT2D eigenvalue weighted by Crippen LogP contribution is -2.16. The summed E-state index contributed by atoms with van der Waals surface area (Å²) in [6.45, 7) is 1.05. The van der Waals surface area contributed by atoms with Crippen molar-refractivity contribution >= 4 is 11.6 Å². The predicted molar refractivity (Wildman–Crippen MR) is 88.9 cm³/mol. The summed E-state index contributed by atoms with van der Waals surface area (Å²) in [4.78, 5) is 12.5. The van der Waals surface area contributed by atoms with Gasteiger partial charge in [0.25, 0.3) is 5.91 Å². The van der Waals surface area contributed by atoms with Crippen LogP contribution in [0.2, 0.25) is 0 Å². The van der Waals surface area contributed by atoms with Crippen LogP contribution in [0, 0.1) is 0 Å². The fourth-order valence-corrected chi connectivity index (χ4v) is 2.54. The summed E-state index contributed by atoms with van der Waals surface area (Å²) < 4.78 is 12.7. The number of nitrogens with zero attached hydrogens (tertiary/aromatic N) is 2. The Morgan fingerprint density at radius 2 is 1.92 bits per heavy atom. The van der Waals surface area contributed by atoms with Crippen LogP contribution in [0.4, 0.5) is 5.69 Å². The molecule has 1 N–H and O–H groups in total. The number of ether oxygens (including phenoxy) is 2. The lowest BCUT2D eigenvalue weighted by Gasteiger charge is -2.19. The number of rotatable bonds is 3. The van der Waals surface area contributed by atoms with Crippen LogP contribution in [0.25, 0.3) is 5.69 Å². The van der Waals surface area contributed by atoms with Crippen molar-refractivity contribution in [2.75, 3.05) is 18.5 Å². The molecular formula is C18H15N3O3. The fourth-order valence-electron chi connectivity index (χ4n) is 2.54. The summed E-state index contributed by atoms with van der Waals surface area (Å²) in [6, 6.07) is 14.5. The molecule has 6 heteroatoms. The summed E-state index contributed by atoms with van der Waals surface area (Å²) >= 11 is 0. The lowest BCUT2D eigenvalue weighted by atomic mass is 10.1. The minimum Gasteiger partial charge on any atom is -0.486 e. The van der Waals surface area contributed by atoms with Crippen molar-refractivity contribution in [2.45, 2.75) is 0 Å². The highest BCUT2D eigenvalue weighted by atomic mass is 16.6. The van der Waals surface area contributed by atoms with Gasteiger partial charge >= 0.3 is 0 Å². The second kappa shape index (κ2) is 6.08. The van der Waals surface area contributed by atoms with Gasteiger partial charge in [-0.15, -0.1) is 0 Å². The molecular weight excluding hydrogens is 306 g/mol. The van der Waals surface area contributed by atoms with Crippen molar-refractivity contribution in [2.24, 2.45) is 0 Å². The van der Waals surface area contributed by atoms with E-state index in [0.717, 1.165) is 5.69 Å². The highest BCUT2D eigenvalue weighted by Crippen LogP contribution is 2.32. The molecule has 24 heavy (non-hydrogen) atoms. The van der Waals surface area contributed by atoms with E-state index >= 15 is 0 Å². The van der Waals surface area contributed by atoms with E-state index in [9.17, 15) is 4.79 Å². The highest BCUT2D eigenvalue weighted by Gasteiger charge is 2.13. The third kappa shape index (κ3) is 2.81. The number of carbonyl (C=O) groups excluding carboxylic acids is 1. The van der Waals surface area contributed by atoms with Gasteiger partial charge in [-0.2, -0.15) is 5.10 Å². The summed E-state index contributed by atoms with van der Waals surface area (Å²) in [5.74, 6) is 1.14. The van der Waals surface area contributed by atoms with Gasteiger partial charge in [-0.25, -0.2) is 4.68 Å². The average Bonchev–Trinajstić information content (AvgIpc) is 3.16. The molecule has 0 saturated heterocycles. The van der Waals surface area contributed by atoms with Gasteiger partial charge in [0.1, 0.15) is 13.2 Å². The fraction of sp³-hybridized carbons (Fsp3) is 0.111. The monoisotopic (exact) mass is 321 g/mol. The number of hydrogen-bond acceptors (Lipinski definition) is 4. The van der Waals surface area contributed by atoms with E-state index in [1.54, 1.807) is 41.2 Å². The van der Waals surface area contributed by atoms with Crippen LogP contribution in [-0.2, 0) is 0 Å². The maximum absolute atomic E-state index is 12.5. The van der Waals surface area contributed by atoms with Gasteiger partial charge in [-0.05, 0) is 36.4 Å². The molecule has 3 aromatic rings. The van der Waals surface area contributed by atoms with Gasteiger partial charge in [0.05, 0.1) is 5.69 Å². The first-order valence-corrected chi connectivity index (χ1v) is 7.61. The van der Waals surface area contributed by atoms with Crippen LogP contribution in [0.1, 0.15) is 10.4 Å². The molecule has 1 aliphatic heterocycles. The molecule has 2 aromatic carbocycles. The van der Waals surface area contributed by atoms with Crippen LogP contribution in [-0.4, -0.2) is 28.9 Å². The quantitative estimate of drug-likeness (QED) is 0.805. The first-order chi connectivity index (χ1) is 11.8. The van der Waals surface area contributed by atoms with Crippen molar-refractivity contribution in [1.29, 1.82) is 0 Å². The number of aromatic nitrogens is 2. The van der Waals surface area contributed by atoms with E-state index in [4.69, 9.17) is 9.47 Å². The zero-order valence-electron chi connectivity index (χ0n) is 12.8. The number of nitrogens with one attached hydrogen (secondary N) is 1. The first kappa shape index (κ1) is 14.3. The zero-order chi connectivity index (χ0) is 16.4. The Labute approximate surface area is 138 Å². The van der Waals surface area contributed by atoms with E-state index in [2.05, 4.69) is 10.4 Å². The Hall–Kier alpha value is -3.28. The largest absolute Gasteiger partial charge is 0.486 e. The molecule has 0 unspecified atom stereocenters. The van der Waals surface area contributed by atoms with Crippen LogP contribution < -0.4 is 14.8 Å². The lowest BCUT2D eigenvalue weighted by molar-refractivity contribution is 0.102. The Kier molecular flexibility index (Phi) is 3.63. The molecule has 6 nitrogen and oxygen atoms in total. The normalized spacial score (nSPS) is 12.7. The number of anilines is 1. The molecule has 4 rings (SSSR count). The first-order valence-electron chi connectivity index (χ1n) is 7.61. The van der Waals surface area contributed by atoms with E-state index < -0.39 is 0 Å². The highest BCUT2D eigenvalue weighted by molar-refractivity contribution is 6.04. The molecule has 1 aromatic heterocycles. The Bertz CT molecular complexity index is 875. The second-order valence-electron chi connectivity index (χ2n) is 5.31. The van der Waals surface area contributed by atoms with E-state index in [1.165, 1.54) is 0 Å². The van der Waals surface area contributed by atoms with Crippen LogP contribution in [0.15, 0.2) is 60.9 Å². The molecule has 1 aliphatic rings. The van der Waals surface area contributed by atoms with Crippen LogP contribution in [0.5, 0.6) is 11.5 Å². The average molecular weight is 321 g/mol. The SMILES string of the molecule is O=C(Nc1ccc2c(c1)OCCO2)c1cccc(-n2cccn2)c1. The molecule has 0 fully saturated rings. The van der Waals surface area contributed by atoms with Gasteiger partial charge in [-0.1, -0.05) is 6.07 Å². The van der Waals surface area contributed by atoms with Gasteiger partial charge < -0.3 is 14.8 Å². The van der Waals surface area contributed by atoms with Crippen molar-refractivity contribution in [3.8, 4) is 17.2 Å². The van der Waals surface area contributed by atoms with Crippen molar-refractivity contribution in [3.63, 3.8) is 0 Å². The molecule has 0 radical (unpaired) electrons. The summed E-state index contributed by atoms with van der Waals surface area (Å²) in [5.41, 5.74) is 2.04. The third-order valence-corrected chi connectivity index (χ3v) is 3.68. The maximum atomic E-state index is 12.5. The van der Waals surface area contributed by atoms with Crippen molar-refractivity contribution < 1.29 is 14.3 Å². The molecule has 120 valence electrons. The molecule has 0 spiro atoms. The summed E-state index contributed by atoms with van der Waals surface area (Å²) in [6.07, 6.45) is 3.53. The van der Waals surface area contributed by atoms with Gasteiger partial charge in [0.15, 0.2) is 11.5 Å². The van der Waals surface area contributed by atoms with E-state index in [1.807, 2.05) is 24.4 Å². The Morgan fingerprint density at radius 1 is 1.04 bits per heavy atom. The summed E-state index contributed by atoms with van der Waals surface area (Å²) in [7, 11) is 0. The Morgan fingerprint density at radius 3 is 2.75 bits per heavy atom. The number of benzene rings is 2. The van der Waals surface area contributed by atoms with E-state index in [-0.39, 0.29) is 5.91 Å². The molecule has 0 bridgehead atoms. The molecule has 0 saturated carbocycles. The third-order valence-electron chi connectivity index (χ3n) is 3.68. The molecule has 2 heterocycles. The number of fused-ring (bicyclic) bond motifs is 1. The van der Waals surface area contributed by atoms with Crippen molar-refractivity contribution in [1.82, 2.24) is 9.78 Å². The number of carbonyl (C=O) groups is 1.